The van der Waals surface area contributed by atoms with Crippen LogP contribution in [0.1, 0.15) is 74.1 Å². The molecule has 29 heavy (non-hydrogen) atoms. The molecule has 0 aromatic heterocycles. The molecule has 1 fully saturated rings. The van der Waals surface area contributed by atoms with E-state index < -0.39 is 5.60 Å². The minimum Gasteiger partial charge on any atom is -0.462 e. The van der Waals surface area contributed by atoms with E-state index in [-0.39, 0.29) is 46.5 Å². The van der Waals surface area contributed by atoms with Crippen LogP contribution in [0.5, 0.6) is 0 Å². The molecule has 0 spiro atoms. The predicted octanol–water partition coefficient (Wildman–Crippen LogP) is 4.79. The van der Waals surface area contributed by atoms with Crippen LogP contribution in [0.15, 0.2) is 24.3 Å². The van der Waals surface area contributed by atoms with Crippen molar-refractivity contribution in [3.63, 3.8) is 0 Å². The number of carbonyl (C=O) groups is 3. The van der Waals surface area contributed by atoms with Crippen LogP contribution >= 0.6 is 0 Å². The third-order valence-corrected chi connectivity index (χ3v) is 7.76. The first-order valence-corrected chi connectivity index (χ1v) is 10.5. The summed E-state index contributed by atoms with van der Waals surface area (Å²) < 4.78 is 11.3. The van der Waals surface area contributed by atoms with Crippen LogP contribution in [-0.2, 0) is 23.9 Å². The summed E-state index contributed by atoms with van der Waals surface area (Å²) in [6.07, 6.45) is 5.72. The lowest BCUT2D eigenvalue weighted by Crippen LogP contribution is -2.57. The molecular weight excluding hydrogens is 368 g/mol. The van der Waals surface area contributed by atoms with Crippen molar-refractivity contribution >= 4 is 17.7 Å². The second-order valence-electron chi connectivity index (χ2n) is 9.72. The lowest BCUT2D eigenvalue weighted by Gasteiger charge is -2.59. The molecule has 0 aliphatic heterocycles. The summed E-state index contributed by atoms with van der Waals surface area (Å²) in [5.41, 5.74) is -0.215. The molecule has 5 heteroatoms. The molecule has 0 aromatic carbocycles. The quantitative estimate of drug-likeness (QED) is 0.470. The lowest BCUT2D eigenvalue weighted by molar-refractivity contribution is -0.174. The normalized spacial score (nSPS) is 36.3. The van der Waals surface area contributed by atoms with E-state index in [1.54, 1.807) is 12.2 Å². The Morgan fingerprint density at radius 3 is 2.45 bits per heavy atom. The van der Waals surface area contributed by atoms with E-state index in [1.807, 2.05) is 13.8 Å². The predicted molar refractivity (Wildman–Crippen MR) is 112 cm³/mol. The van der Waals surface area contributed by atoms with E-state index in [2.05, 4.69) is 27.4 Å². The summed E-state index contributed by atoms with van der Waals surface area (Å²) in [5.74, 6) is -0.282. The third-order valence-electron chi connectivity index (χ3n) is 7.76. The Morgan fingerprint density at radius 2 is 1.93 bits per heavy atom. The van der Waals surface area contributed by atoms with Gasteiger partial charge < -0.3 is 9.47 Å². The van der Waals surface area contributed by atoms with Gasteiger partial charge in [-0.25, -0.2) is 0 Å². The van der Waals surface area contributed by atoms with Crippen molar-refractivity contribution in [2.45, 2.75) is 85.9 Å². The molecule has 0 unspecified atom stereocenters. The maximum absolute atomic E-state index is 12.5. The first-order valence-electron chi connectivity index (χ1n) is 10.5. The lowest BCUT2D eigenvalue weighted by atomic mass is 9.46. The van der Waals surface area contributed by atoms with Gasteiger partial charge in [0.15, 0.2) is 5.78 Å². The van der Waals surface area contributed by atoms with Gasteiger partial charge in [0.2, 0.25) is 0 Å². The second-order valence-corrected chi connectivity index (χ2v) is 9.72. The average Bonchev–Trinajstić information content (AvgIpc) is 2.60. The molecule has 0 bridgehead atoms. The zero-order chi connectivity index (χ0) is 22.2. The Bertz CT molecular complexity index is 738. The minimum atomic E-state index is -0.775. The number of allylic oxidation sites excluding steroid dienone is 2. The van der Waals surface area contributed by atoms with Gasteiger partial charge in [0.05, 0.1) is 0 Å². The minimum absolute atomic E-state index is 0.0644. The fourth-order valence-electron chi connectivity index (χ4n) is 5.57. The van der Waals surface area contributed by atoms with Gasteiger partial charge in [-0.2, -0.15) is 0 Å². The van der Waals surface area contributed by atoms with E-state index in [1.165, 1.54) is 13.8 Å². The maximum Gasteiger partial charge on any atom is 0.303 e. The number of carbonyl (C=O) groups excluding carboxylic acids is 3. The molecular formula is C24H36O5. The van der Waals surface area contributed by atoms with Gasteiger partial charge in [0.1, 0.15) is 11.7 Å². The highest BCUT2D eigenvalue weighted by Crippen LogP contribution is 2.62. The molecule has 162 valence electrons. The van der Waals surface area contributed by atoms with Crippen LogP contribution in [0.3, 0.4) is 0 Å². The van der Waals surface area contributed by atoms with Gasteiger partial charge in [-0.15, -0.1) is 0 Å². The van der Waals surface area contributed by atoms with E-state index >= 15 is 0 Å². The molecule has 0 aromatic rings. The number of esters is 2. The van der Waals surface area contributed by atoms with Crippen LogP contribution in [0.4, 0.5) is 0 Å². The highest BCUT2D eigenvalue weighted by molar-refractivity contribution is 5.92. The molecule has 0 N–H and O–H groups in total. The van der Waals surface area contributed by atoms with Crippen molar-refractivity contribution in [2.24, 2.45) is 22.7 Å². The number of fused-ring (bicyclic) bond motifs is 1. The Kier molecular flexibility index (Phi) is 6.51. The van der Waals surface area contributed by atoms with Crippen molar-refractivity contribution in [1.29, 1.82) is 0 Å². The molecule has 0 radical (unpaired) electrons. The first kappa shape index (κ1) is 23.4. The summed E-state index contributed by atoms with van der Waals surface area (Å²) >= 11 is 0. The van der Waals surface area contributed by atoms with Crippen molar-refractivity contribution in [3.05, 3.63) is 24.3 Å². The van der Waals surface area contributed by atoms with E-state index in [4.69, 9.17) is 9.47 Å². The Labute approximate surface area is 174 Å². The number of hydrogen-bond donors (Lipinski definition) is 0. The molecule has 0 saturated heterocycles. The monoisotopic (exact) mass is 404 g/mol. The first-order chi connectivity index (χ1) is 13.3. The van der Waals surface area contributed by atoms with Gasteiger partial charge in [-0.05, 0) is 67.9 Å². The van der Waals surface area contributed by atoms with Crippen molar-refractivity contribution in [3.8, 4) is 0 Å². The fraction of sp³-hybridized carbons (Fsp3) is 0.708. The summed E-state index contributed by atoms with van der Waals surface area (Å²) in [4.78, 5) is 35.8. The average molecular weight is 405 g/mol. The summed E-state index contributed by atoms with van der Waals surface area (Å²) in [6, 6.07) is 0. The van der Waals surface area contributed by atoms with Gasteiger partial charge >= 0.3 is 11.9 Å². The number of rotatable bonds is 6. The SMILES string of the molecule is C=C[C@](C)(CC[C@]1(C)[C@H](C)[C@H](OC(C)=O)C[C@@]2(C)C(C)=CC(=O)C[C@@H]12)OC(C)=O. The maximum atomic E-state index is 12.5. The third kappa shape index (κ3) is 4.49. The summed E-state index contributed by atoms with van der Waals surface area (Å²) in [6.45, 7) is 17.1. The molecule has 2 aliphatic rings. The molecule has 6 atom stereocenters. The van der Waals surface area contributed by atoms with Gasteiger partial charge in [0.25, 0.3) is 0 Å². The Balaban J connectivity index is 2.45. The smallest absolute Gasteiger partial charge is 0.303 e. The molecule has 2 aliphatic carbocycles. The van der Waals surface area contributed by atoms with Crippen molar-refractivity contribution in [2.75, 3.05) is 0 Å². The topological polar surface area (TPSA) is 69.7 Å². The number of hydrogen-bond acceptors (Lipinski definition) is 5. The van der Waals surface area contributed by atoms with Gasteiger partial charge in [-0.1, -0.05) is 32.9 Å². The molecule has 2 rings (SSSR count). The van der Waals surface area contributed by atoms with Crippen LogP contribution in [-0.4, -0.2) is 29.4 Å². The van der Waals surface area contributed by atoms with Crippen molar-refractivity contribution < 1.29 is 23.9 Å². The summed E-state index contributed by atoms with van der Waals surface area (Å²) in [7, 11) is 0. The highest BCUT2D eigenvalue weighted by Gasteiger charge is 2.58. The fourth-order valence-corrected chi connectivity index (χ4v) is 5.57. The number of ether oxygens (including phenoxy) is 2. The molecule has 1 saturated carbocycles. The van der Waals surface area contributed by atoms with E-state index in [9.17, 15) is 14.4 Å². The van der Waals surface area contributed by atoms with E-state index in [0.29, 0.717) is 19.3 Å². The molecule has 5 nitrogen and oxygen atoms in total. The van der Waals surface area contributed by atoms with Gasteiger partial charge in [-0.3, -0.25) is 14.4 Å². The standard InChI is InChI=1S/C24H36O5/c1-9-22(6,29-18(5)26)10-11-23(7)16(3)20(28-17(4)25)14-24(8)15(2)12-19(27)13-21(23)24/h9,12,16,20-21H,1,10-11,13-14H2,2-8H3/t16-,20-,21+,22-,23-,24+/m1/s1. The van der Waals surface area contributed by atoms with Crippen LogP contribution in [0, 0.1) is 22.7 Å². The molecule has 0 amide bonds. The zero-order valence-corrected chi connectivity index (χ0v) is 19.0. The van der Waals surface area contributed by atoms with E-state index in [0.717, 1.165) is 12.0 Å². The number of ketones is 1. The van der Waals surface area contributed by atoms with Crippen molar-refractivity contribution in [1.82, 2.24) is 0 Å². The Morgan fingerprint density at radius 1 is 1.31 bits per heavy atom. The second kappa shape index (κ2) is 8.08. The van der Waals surface area contributed by atoms with Gasteiger partial charge in [0, 0.05) is 20.3 Å². The van der Waals surface area contributed by atoms with Crippen LogP contribution in [0.2, 0.25) is 0 Å². The largest absolute Gasteiger partial charge is 0.462 e. The Hall–Kier alpha value is -1.91. The summed E-state index contributed by atoms with van der Waals surface area (Å²) in [5, 5.41) is 0. The highest BCUT2D eigenvalue weighted by atomic mass is 16.6. The van der Waals surface area contributed by atoms with Crippen LogP contribution in [0.25, 0.3) is 0 Å². The molecule has 0 heterocycles. The van der Waals surface area contributed by atoms with Crippen LogP contribution < -0.4 is 0 Å². The zero-order valence-electron chi connectivity index (χ0n) is 19.0.